The molecule has 0 saturated heterocycles. The third kappa shape index (κ3) is 3.96. The number of halogens is 2. The van der Waals surface area contributed by atoms with Crippen molar-refractivity contribution < 1.29 is 4.74 Å². The van der Waals surface area contributed by atoms with Gasteiger partial charge in [0, 0.05) is 0 Å². The topological polar surface area (TPSA) is 79.4 Å². The van der Waals surface area contributed by atoms with E-state index < -0.39 is 5.56 Å². The monoisotopic (exact) mass is 326 g/mol. The quantitative estimate of drug-likeness (QED) is 0.654. The lowest BCUT2D eigenvalue weighted by atomic mass is 10.2. The van der Waals surface area contributed by atoms with Crippen molar-refractivity contribution in [2.24, 2.45) is 5.10 Å². The number of ether oxygens (including phenoxy) is 1. The Kier molecular flexibility index (Phi) is 5.19. The molecule has 1 aromatic carbocycles. The van der Waals surface area contributed by atoms with Gasteiger partial charge in [-0.25, -0.2) is 5.10 Å². The Morgan fingerprint density at radius 2 is 2.29 bits per heavy atom. The molecule has 1 heterocycles. The molecular weight excluding hydrogens is 315 g/mol. The van der Waals surface area contributed by atoms with Gasteiger partial charge in [-0.1, -0.05) is 23.2 Å². The molecule has 0 aliphatic heterocycles. The predicted molar refractivity (Wildman–Crippen MR) is 83.7 cm³/mol. The zero-order valence-corrected chi connectivity index (χ0v) is 12.6. The average Bonchev–Trinajstić information content (AvgIpc) is 2.46. The summed E-state index contributed by atoms with van der Waals surface area (Å²) in [5.74, 6) is 0.617. The van der Waals surface area contributed by atoms with Crippen molar-refractivity contribution >= 4 is 35.1 Å². The maximum atomic E-state index is 11.2. The molecule has 0 aliphatic carbocycles. The van der Waals surface area contributed by atoms with E-state index in [4.69, 9.17) is 27.9 Å². The lowest BCUT2D eigenvalue weighted by Crippen LogP contribution is -2.10. The number of nitrogens with one attached hydrogen (secondary N) is 2. The van der Waals surface area contributed by atoms with Crippen LogP contribution in [-0.4, -0.2) is 23.0 Å². The summed E-state index contributed by atoms with van der Waals surface area (Å²) in [5.41, 5.74) is 3.24. The van der Waals surface area contributed by atoms with E-state index in [0.29, 0.717) is 23.1 Å². The molecule has 8 heteroatoms. The summed E-state index contributed by atoms with van der Waals surface area (Å²) in [6.45, 7) is 2.43. The first-order chi connectivity index (χ1) is 10.1. The smallest absolute Gasteiger partial charge is 0.285 e. The fourth-order valence-electron chi connectivity index (χ4n) is 1.51. The molecule has 21 heavy (non-hydrogen) atoms. The number of H-pyrrole nitrogens is 1. The number of nitrogens with zero attached hydrogens (tertiary/aromatic N) is 2. The third-order valence-corrected chi connectivity index (χ3v) is 3.12. The normalized spacial score (nSPS) is 10.8. The van der Waals surface area contributed by atoms with Crippen LogP contribution >= 0.6 is 23.2 Å². The molecule has 2 rings (SSSR count). The van der Waals surface area contributed by atoms with Crippen molar-refractivity contribution in [2.75, 3.05) is 12.0 Å². The SMILES string of the molecule is CCOc1ccc(/C=N\Nc2cn[nH]c(=O)c2Cl)cc1Cl. The van der Waals surface area contributed by atoms with Crippen LogP contribution in [0.5, 0.6) is 5.75 Å². The minimum Gasteiger partial charge on any atom is -0.492 e. The molecule has 110 valence electrons. The highest BCUT2D eigenvalue weighted by molar-refractivity contribution is 6.33. The molecule has 2 N–H and O–H groups in total. The van der Waals surface area contributed by atoms with Gasteiger partial charge in [0.15, 0.2) is 0 Å². The number of benzene rings is 1. The largest absolute Gasteiger partial charge is 0.492 e. The van der Waals surface area contributed by atoms with E-state index in [1.54, 1.807) is 24.4 Å². The standard InChI is InChI=1S/C13H12Cl2N4O2/c1-2-21-11-4-3-8(5-9(11)14)6-16-18-10-7-17-19-13(20)12(10)15/h3-7H,2H2,1H3,(H2,18,19,20)/b16-6-. The Balaban J connectivity index is 2.09. The molecule has 0 saturated carbocycles. The molecule has 1 aromatic heterocycles. The van der Waals surface area contributed by atoms with Gasteiger partial charge in [-0.15, -0.1) is 0 Å². The first-order valence-electron chi connectivity index (χ1n) is 6.06. The molecule has 0 radical (unpaired) electrons. The van der Waals surface area contributed by atoms with Gasteiger partial charge in [0.1, 0.15) is 16.5 Å². The van der Waals surface area contributed by atoms with Gasteiger partial charge >= 0.3 is 0 Å². The fourth-order valence-corrected chi connectivity index (χ4v) is 1.88. The second kappa shape index (κ2) is 7.10. The van der Waals surface area contributed by atoms with E-state index >= 15 is 0 Å². The zero-order valence-electron chi connectivity index (χ0n) is 11.1. The lowest BCUT2D eigenvalue weighted by molar-refractivity contribution is 0.340. The van der Waals surface area contributed by atoms with Crippen molar-refractivity contribution in [1.82, 2.24) is 10.2 Å². The first-order valence-corrected chi connectivity index (χ1v) is 6.82. The maximum absolute atomic E-state index is 11.2. The summed E-state index contributed by atoms with van der Waals surface area (Å²) in [6, 6.07) is 5.28. The van der Waals surface area contributed by atoms with Gasteiger partial charge in [0.25, 0.3) is 5.56 Å². The van der Waals surface area contributed by atoms with E-state index in [1.165, 1.54) is 6.20 Å². The van der Waals surface area contributed by atoms with Crippen LogP contribution in [0, 0.1) is 0 Å². The minimum atomic E-state index is -0.485. The number of aromatic nitrogens is 2. The van der Waals surface area contributed by atoms with Gasteiger partial charge in [0.05, 0.1) is 24.0 Å². The van der Waals surface area contributed by atoms with Crippen LogP contribution < -0.4 is 15.7 Å². The highest BCUT2D eigenvalue weighted by Crippen LogP contribution is 2.24. The van der Waals surface area contributed by atoms with Crippen LogP contribution in [0.2, 0.25) is 10.0 Å². The van der Waals surface area contributed by atoms with Crippen LogP contribution in [0.4, 0.5) is 5.69 Å². The number of hydrazone groups is 1. The predicted octanol–water partition coefficient (Wildman–Crippen LogP) is 2.92. The third-order valence-electron chi connectivity index (χ3n) is 2.45. The molecule has 2 aromatic rings. The van der Waals surface area contributed by atoms with Gasteiger partial charge in [-0.3, -0.25) is 10.2 Å². The Morgan fingerprint density at radius 1 is 1.48 bits per heavy atom. The van der Waals surface area contributed by atoms with Crippen LogP contribution in [0.1, 0.15) is 12.5 Å². The Bertz CT molecular complexity index is 716. The van der Waals surface area contributed by atoms with Crippen LogP contribution in [0.15, 0.2) is 34.3 Å². The molecule has 6 nitrogen and oxygen atoms in total. The molecule has 0 amide bonds. The molecule has 0 fully saturated rings. The number of hydrogen-bond donors (Lipinski definition) is 2. The van der Waals surface area contributed by atoms with Crippen molar-refractivity contribution in [3.05, 3.63) is 50.4 Å². The van der Waals surface area contributed by atoms with Gasteiger partial charge < -0.3 is 4.74 Å². The van der Waals surface area contributed by atoms with E-state index in [-0.39, 0.29) is 5.02 Å². The summed E-state index contributed by atoms with van der Waals surface area (Å²) >= 11 is 11.9. The minimum absolute atomic E-state index is 0.00752. The van der Waals surface area contributed by atoms with Crippen LogP contribution in [-0.2, 0) is 0 Å². The van der Waals surface area contributed by atoms with Crippen molar-refractivity contribution in [3.8, 4) is 5.75 Å². The molecular formula is C13H12Cl2N4O2. The summed E-state index contributed by atoms with van der Waals surface area (Å²) in [5, 5.41) is 10.3. The number of hydrogen-bond acceptors (Lipinski definition) is 5. The second-order valence-corrected chi connectivity index (χ2v) is 4.70. The molecule has 0 unspecified atom stereocenters. The van der Waals surface area contributed by atoms with Crippen molar-refractivity contribution in [1.29, 1.82) is 0 Å². The Labute approximate surface area is 130 Å². The van der Waals surface area contributed by atoms with E-state index in [0.717, 1.165) is 5.56 Å². The first kappa shape index (κ1) is 15.3. The summed E-state index contributed by atoms with van der Waals surface area (Å²) in [7, 11) is 0. The highest BCUT2D eigenvalue weighted by atomic mass is 35.5. The maximum Gasteiger partial charge on any atom is 0.285 e. The number of anilines is 1. The fraction of sp³-hybridized carbons (Fsp3) is 0.154. The second-order valence-electron chi connectivity index (χ2n) is 3.92. The average molecular weight is 327 g/mol. The van der Waals surface area contributed by atoms with Gasteiger partial charge in [0.2, 0.25) is 0 Å². The molecule has 0 spiro atoms. The van der Waals surface area contributed by atoms with Crippen molar-refractivity contribution in [3.63, 3.8) is 0 Å². The highest BCUT2D eigenvalue weighted by Gasteiger charge is 2.03. The van der Waals surface area contributed by atoms with Crippen LogP contribution in [0.25, 0.3) is 0 Å². The van der Waals surface area contributed by atoms with E-state index in [2.05, 4.69) is 20.7 Å². The lowest BCUT2D eigenvalue weighted by Gasteiger charge is -2.05. The Morgan fingerprint density at radius 3 is 3.00 bits per heavy atom. The Hall–Kier alpha value is -2.05. The van der Waals surface area contributed by atoms with Gasteiger partial charge in [-0.2, -0.15) is 10.2 Å². The summed E-state index contributed by atoms with van der Waals surface area (Å²) < 4.78 is 5.34. The molecule has 0 aliphatic rings. The zero-order chi connectivity index (χ0) is 15.2. The number of rotatable bonds is 5. The van der Waals surface area contributed by atoms with Gasteiger partial charge in [-0.05, 0) is 30.7 Å². The summed E-state index contributed by atoms with van der Waals surface area (Å²) in [4.78, 5) is 11.2. The number of aromatic amines is 1. The van der Waals surface area contributed by atoms with Crippen LogP contribution in [0.3, 0.4) is 0 Å². The van der Waals surface area contributed by atoms with E-state index in [9.17, 15) is 4.79 Å². The van der Waals surface area contributed by atoms with Crippen molar-refractivity contribution in [2.45, 2.75) is 6.92 Å². The summed E-state index contributed by atoms with van der Waals surface area (Å²) in [6.07, 6.45) is 2.91. The molecule has 0 bridgehead atoms. The van der Waals surface area contributed by atoms with E-state index in [1.807, 2.05) is 6.92 Å². The molecule has 0 atom stereocenters.